The molecule has 4 nitrogen and oxygen atoms in total. The van der Waals surface area contributed by atoms with Crippen molar-refractivity contribution in [3.8, 4) is 39.1 Å². The summed E-state index contributed by atoms with van der Waals surface area (Å²) in [5.74, 6) is 0. The van der Waals surface area contributed by atoms with E-state index in [4.69, 9.17) is 4.42 Å². The standard InChI is InChI=1S/C40H25N3O/c1-2-16-39-33(13-1)34-15-6-14-32(40(34)44-39)30-11-4-9-28(22-30)26-7-3-8-27(21-26)29-10-5-12-31(23-29)43-37-17-19-41-24-35(37)36-25-42-20-18-38(36)43/h1-25H. The van der Waals surface area contributed by atoms with Crippen LogP contribution in [0.2, 0.25) is 0 Å². The molecule has 9 aromatic rings. The molecular formula is C40H25N3O. The van der Waals surface area contributed by atoms with Crippen LogP contribution in [0.15, 0.2) is 157 Å². The van der Waals surface area contributed by atoms with Crippen molar-refractivity contribution in [1.29, 1.82) is 0 Å². The molecule has 206 valence electrons. The highest BCUT2D eigenvalue weighted by atomic mass is 16.3. The highest BCUT2D eigenvalue weighted by Crippen LogP contribution is 2.38. The summed E-state index contributed by atoms with van der Waals surface area (Å²) >= 11 is 0. The summed E-state index contributed by atoms with van der Waals surface area (Å²) in [4.78, 5) is 8.75. The minimum Gasteiger partial charge on any atom is -0.455 e. The van der Waals surface area contributed by atoms with E-state index in [2.05, 4.69) is 130 Å². The van der Waals surface area contributed by atoms with Crippen LogP contribution in [0.4, 0.5) is 0 Å². The fourth-order valence-electron chi connectivity index (χ4n) is 6.53. The number of para-hydroxylation sites is 2. The molecule has 0 bridgehead atoms. The monoisotopic (exact) mass is 563 g/mol. The predicted molar refractivity (Wildman–Crippen MR) is 180 cm³/mol. The Bertz CT molecular complexity index is 2470. The van der Waals surface area contributed by atoms with Gasteiger partial charge in [-0.2, -0.15) is 0 Å². The van der Waals surface area contributed by atoms with Gasteiger partial charge in [-0.1, -0.05) is 84.9 Å². The van der Waals surface area contributed by atoms with Gasteiger partial charge in [0.15, 0.2) is 0 Å². The van der Waals surface area contributed by atoms with E-state index in [-0.39, 0.29) is 0 Å². The van der Waals surface area contributed by atoms with Crippen molar-refractivity contribution in [2.45, 2.75) is 0 Å². The molecule has 0 atom stereocenters. The Morgan fingerprint density at radius 3 is 1.75 bits per heavy atom. The van der Waals surface area contributed by atoms with Gasteiger partial charge in [-0.25, -0.2) is 0 Å². The number of fused-ring (bicyclic) bond motifs is 6. The number of pyridine rings is 2. The van der Waals surface area contributed by atoms with E-state index < -0.39 is 0 Å². The summed E-state index contributed by atoms with van der Waals surface area (Å²) in [6.07, 6.45) is 7.54. The third kappa shape index (κ3) is 3.85. The van der Waals surface area contributed by atoms with Crippen LogP contribution < -0.4 is 0 Å². The van der Waals surface area contributed by atoms with E-state index in [0.29, 0.717) is 0 Å². The Morgan fingerprint density at radius 1 is 0.455 bits per heavy atom. The van der Waals surface area contributed by atoms with Crippen LogP contribution in [0.5, 0.6) is 0 Å². The first kappa shape index (κ1) is 24.6. The molecule has 4 aromatic heterocycles. The zero-order valence-corrected chi connectivity index (χ0v) is 23.7. The number of nitrogens with zero attached hydrogens (tertiary/aromatic N) is 3. The van der Waals surface area contributed by atoms with Crippen LogP contribution in [0.3, 0.4) is 0 Å². The largest absolute Gasteiger partial charge is 0.455 e. The molecule has 9 rings (SSSR count). The SMILES string of the molecule is c1cc(-c2cccc(-c3cccc4c3oc3ccccc34)c2)cc(-c2cccc(-n3c4ccncc4c4cnccc43)c2)c1. The quantitative estimate of drug-likeness (QED) is 0.214. The van der Waals surface area contributed by atoms with Crippen molar-refractivity contribution in [3.05, 3.63) is 152 Å². The van der Waals surface area contributed by atoms with Crippen LogP contribution in [-0.2, 0) is 0 Å². The van der Waals surface area contributed by atoms with Gasteiger partial charge in [0.25, 0.3) is 0 Å². The van der Waals surface area contributed by atoms with E-state index in [9.17, 15) is 0 Å². The fraction of sp³-hybridized carbons (Fsp3) is 0. The maximum Gasteiger partial charge on any atom is 0.143 e. The number of rotatable bonds is 4. The molecule has 0 radical (unpaired) electrons. The normalized spacial score (nSPS) is 11.6. The number of hydrogen-bond donors (Lipinski definition) is 0. The molecule has 0 aliphatic carbocycles. The molecule has 0 amide bonds. The zero-order valence-electron chi connectivity index (χ0n) is 23.7. The van der Waals surface area contributed by atoms with Crippen molar-refractivity contribution in [2.75, 3.05) is 0 Å². The van der Waals surface area contributed by atoms with Gasteiger partial charge in [-0.15, -0.1) is 0 Å². The summed E-state index contributed by atoms with van der Waals surface area (Å²) in [6.45, 7) is 0. The second-order valence-electron chi connectivity index (χ2n) is 11.1. The predicted octanol–water partition coefficient (Wildman–Crippen LogP) is 10.5. The van der Waals surface area contributed by atoms with Crippen LogP contribution in [-0.4, -0.2) is 14.5 Å². The minimum atomic E-state index is 0.912. The smallest absolute Gasteiger partial charge is 0.143 e. The Hall–Kier alpha value is -6.00. The van der Waals surface area contributed by atoms with Crippen LogP contribution in [0.1, 0.15) is 0 Å². The fourth-order valence-corrected chi connectivity index (χ4v) is 6.53. The second kappa shape index (κ2) is 9.79. The molecule has 0 unspecified atom stereocenters. The number of aromatic nitrogens is 3. The minimum absolute atomic E-state index is 0.912. The molecular weight excluding hydrogens is 538 g/mol. The van der Waals surface area contributed by atoms with E-state index >= 15 is 0 Å². The average molecular weight is 564 g/mol. The highest BCUT2D eigenvalue weighted by Gasteiger charge is 2.14. The third-order valence-electron chi connectivity index (χ3n) is 8.58. The Kier molecular flexibility index (Phi) is 5.47. The van der Waals surface area contributed by atoms with Gasteiger partial charge >= 0.3 is 0 Å². The van der Waals surface area contributed by atoms with Crippen LogP contribution >= 0.6 is 0 Å². The molecule has 0 aliphatic rings. The maximum atomic E-state index is 6.35. The molecule has 0 spiro atoms. The topological polar surface area (TPSA) is 43.9 Å². The van der Waals surface area contributed by atoms with E-state index in [1.165, 1.54) is 11.1 Å². The van der Waals surface area contributed by atoms with Crippen molar-refractivity contribution in [3.63, 3.8) is 0 Å². The van der Waals surface area contributed by atoms with Crippen molar-refractivity contribution in [2.24, 2.45) is 0 Å². The molecule has 4 heteroatoms. The zero-order chi connectivity index (χ0) is 29.0. The van der Waals surface area contributed by atoms with Gasteiger partial charge in [0.05, 0.1) is 11.0 Å². The Balaban J connectivity index is 1.13. The van der Waals surface area contributed by atoms with Gasteiger partial charge in [0, 0.05) is 57.6 Å². The first-order chi connectivity index (χ1) is 21.8. The number of hydrogen-bond acceptors (Lipinski definition) is 3. The summed E-state index contributed by atoms with van der Waals surface area (Å²) in [5.41, 5.74) is 12.1. The van der Waals surface area contributed by atoms with Gasteiger partial charge in [-0.3, -0.25) is 9.97 Å². The molecule has 4 heterocycles. The molecule has 0 fully saturated rings. The first-order valence-electron chi connectivity index (χ1n) is 14.7. The van der Waals surface area contributed by atoms with Gasteiger partial charge < -0.3 is 8.98 Å². The Morgan fingerprint density at radius 2 is 1.02 bits per heavy atom. The van der Waals surface area contributed by atoms with Gasteiger partial charge in [0.2, 0.25) is 0 Å². The summed E-state index contributed by atoms with van der Waals surface area (Å²) in [7, 11) is 0. The number of furan rings is 1. The lowest BCUT2D eigenvalue weighted by Crippen LogP contribution is -1.94. The maximum absolute atomic E-state index is 6.35. The molecule has 0 saturated heterocycles. The van der Waals surface area contributed by atoms with Crippen molar-refractivity contribution in [1.82, 2.24) is 14.5 Å². The van der Waals surface area contributed by atoms with Crippen molar-refractivity contribution >= 4 is 43.7 Å². The van der Waals surface area contributed by atoms with E-state index in [0.717, 1.165) is 71.7 Å². The van der Waals surface area contributed by atoms with E-state index in [1.54, 1.807) is 0 Å². The van der Waals surface area contributed by atoms with Crippen molar-refractivity contribution < 1.29 is 4.42 Å². The summed E-state index contributed by atoms with van der Waals surface area (Å²) < 4.78 is 8.64. The summed E-state index contributed by atoms with van der Waals surface area (Å²) in [6, 6.07) is 45.0. The highest BCUT2D eigenvalue weighted by molar-refractivity contribution is 6.10. The second-order valence-corrected chi connectivity index (χ2v) is 11.1. The molecule has 0 aliphatic heterocycles. The summed E-state index contributed by atoms with van der Waals surface area (Å²) in [5, 5.41) is 4.48. The first-order valence-corrected chi connectivity index (χ1v) is 14.7. The number of benzene rings is 5. The third-order valence-corrected chi connectivity index (χ3v) is 8.58. The van der Waals surface area contributed by atoms with E-state index in [1.807, 2.05) is 36.9 Å². The Labute approximate surface area is 253 Å². The molecule has 0 saturated carbocycles. The molecule has 0 N–H and O–H groups in total. The lowest BCUT2D eigenvalue weighted by molar-refractivity contribution is 0.670. The lowest BCUT2D eigenvalue weighted by Gasteiger charge is -2.12. The average Bonchev–Trinajstić information content (AvgIpc) is 3.65. The van der Waals surface area contributed by atoms with Gasteiger partial charge in [-0.05, 0) is 70.3 Å². The lowest BCUT2D eigenvalue weighted by atomic mass is 9.95. The molecule has 44 heavy (non-hydrogen) atoms. The van der Waals surface area contributed by atoms with Crippen LogP contribution in [0, 0.1) is 0 Å². The van der Waals surface area contributed by atoms with Crippen LogP contribution in [0.25, 0.3) is 82.8 Å². The van der Waals surface area contributed by atoms with Gasteiger partial charge in [0.1, 0.15) is 11.2 Å². The molecule has 5 aromatic carbocycles.